The molecule has 0 radical (unpaired) electrons. The molecule has 0 saturated heterocycles. The molecule has 2 rings (SSSR count). The number of nitrogens with one attached hydrogen (secondary N) is 2. The Hall–Kier alpha value is -2.18. The van der Waals surface area contributed by atoms with Crippen molar-refractivity contribution in [3.63, 3.8) is 0 Å². The van der Waals surface area contributed by atoms with Crippen molar-refractivity contribution in [1.82, 2.24) is 20.2 Å². The van der Waals surface area contributed by atoms with Gasteiger partial charge < -0.3 is 15.5 Å². The first-order valence-electron chi connectivity index (χ1n) is 7.78. The van der Waals surface area contributed by atoms with E-state index in [-0.39, 0.29) is 5.91 Å². The maximum absolute atomic E-state index is 12.0. The van der Waals surface area contributed by atoms with E-state index >= 15 is 0 Å². The summed E-state index contributed by atoms with van der Waals surface area (Å²) in [5.74, 6) is 0.432. The Morgan fingerprint density at radius 1 is 1.21 bits per heavy atom. The summed E-state index contributed by atoms with van der Waals surface area (Å²) >= 11 is 5.97. The number of carbonyl (C=O) groups excluding carboxylic acids is 1. The van der Waals surface area contributed by atoms with Gasteiger partial charge >= 0.3 is 0 Å². The summed E-state index contributed by atoms with van der Waals surface area (Å²) in [7, 11) is 3.91. The number of halogens is 1. The van der Waals surface area contributed by atoms with E-state index in [4.69, 9.17) is 11.6 Å². The molecule has 2 aromatic rings. The number of likely N-dealkylation sites (N-methyl/N-ethyl adjacent to an activating group) is 1. The Morgan fingerprint density at radius 2 is 2.04 bits per heavy atom. The predicted molar refractivity (Wildman–Crippen MR) is 96.6 cm³/mol. The third-order valence-electron chi connectivity index (χ3n) is 3.35. The van der Waals surface area contributed by atoms with Crippen LogP contribution in [-0.4, -0.2) is 54.5 Å². The molecule has 24 heavy (non-hydrogen) atoms. The van der Waals surface area contributed by atoms with Crippen LogP contribution in [0.25, 0.3) is 0 Å². The zero-order chi connectivity index (χ0) is 17.4. The molecule has 0 aliphatic rings. The number of carbonyl (C=O) groups is 1. The number of amides is 1. The summed E-state index contributed by atoms with van der Waals surface area (Å²) in [5, 5.41) is 6.76. The fraction of sp³-hybridized carbons (Fsp3) is 0.353. The normalized spacial score (nSPS) is 10.7. The molecule has 0 fully saturated rings. The zero-order valence-corrected chi connectivity index (χ0v) is 14.7. The van der Waals surface area contributed by atoms with E-state index in [1.165, 1.54) is 6.33 Å². The molecule has 128 valence electrons. The van der Waals surface area contributed by atoms with Gasteiger partial charge in [0.1, 0.15) is 17.8 Å². The molecule has 1 aromatic carbocycles. The topological polar surface area (TPSA) is 70.2 Å². The van der Waals surface area contributed by atoms with Gasteiger partial charge in [-0.1, -0.05) is 23.7 Å². The summed E-state index contributed by atoms with van der Waals surface area (Å²) in [4.78, 5) is 22.2. The highest BCUT2D eigenvalue weighted by Crippen LogP contribution is 2.11. The molecule has 1 aromatic heterocycles. The van der Waals surface area contributed by atoms with Crippen LogP contribution in [0.15, 0.2) is 36.7 Å². The molecule has 0 aliphatic carbocycles. The number of hydrogen-bond donors (Lipinski definition) is 2. The van der Waals surface area contributed by atoms with E-state index in [0.717, 1.165) is 23.6 Å². The van der Waals surface area contributed by atoms with Gasteiger partial charge in [-0.3, -0.25) is 4.79 Å². The van der Waals surface area contributed by atoms with Crippen molar-refractivity contribution < 1.29 is 4.79 Å². The molecule has 6 nitrogen and oxygen atoms in total. The molecule has 1 heterocycles. The van der Waals surface area contributed by atoms with Crippen LogP contribution < -0.4 is 10.6 Å². The first-order valence-corrected chi connectivity index (χ1v) is 8.15. The van der Waals surface area contributed by atoms with Crippen molar-refractivity contribution in [2.45, 2.75) is 6.42 Å². The van der Waals surface area contributed by atoms with E-state index in [0.29, 0.717) is 24.6 Å². The van der Waals surface area contributed by atoms with Crippen LogP contribution in [-0.2, 0) is 6.42 Å². The van der Waals surface area contributed by atoms with Crippen LogP contribution >= 0.6 is 11.6 Å². The molecule has 7 heteroatoms. The van der Waals surface area contributed by atoms with Gasteiger partial charge in [0.15, 0.2) is 0 Å². The van der Waals surface area contributed by atoms with E-state index < -0.39 is 0 Å². The molecule has 0 spiro atoms. The van der Waals surface area contributed by atoms with Crippen molar-refractivity contribution in [2.24, 2.45) is 0 Å². The Labute approximate surface area is 147 Å². The number of nitrogens with zero attached hydrogens (tertiary/aromatic N) is 3. The number of rotatable bonds is 8. The molecule has 0 bridgehead atoms. The molecular formula is C17H22ClN5O. The predicted octanol–water partition coefficient (Wildman–Crippen LogP) is 2.08. The lowest BCUT2D eigenvalue weighted by molar-refractivity contribution is 0.0946. The van der Waals surface area contributed by atoms with Gasteiger partial charge in [-0.25, -0.2) is 9.97 Å². The van der Waals surface area contributed by atoms with Crippen molar-refractivity contribution in [3.05, 3.63) is 52.9 Å². The molecule has 0 unspecified atom stereocenters. The van der Waals surface area contributed by atoms with Gasteiger partial charge in [0.05, 0.1) is 0 Å². The lowest BCUT2D eigenvalue weighted by atomic mass is 10.1. The van der Waals surface area contributed by atoms with Gasteiger partial charge in [0, 0.05) is 30.7 Å². The highest BCUT2D eigenvalue weighted by Gasteiger charge is 2.08. The number of hydrogen-bond acceptors (Lipinski definition) is 5. The lowest BCUT2D eigenvalue weighted by Gasteiger charge is -2.10. The standard InChI is InChI=1S/C17H22ClN5O/c1-23(2)9-8-20-17(24)15-11-16(22-12-21-15)19-7-6-13-4-3-5-14(18)10-13/h3-5,10-12H,6-9H2,1-2H3,(H,20,24)(H,19,21,22). The largest absolute Gasteiger partial charge is 0.370 e. The van der Waals surface area contributed by atoms with E-state index in [1.54, 1.807) is 6.07 Å². The van der Waals surface area contributed by atoms with Gasteiger partial charge in [0.25, 0.3) is 5.91 Å². The molecule has 0 saturated carbocycles. The molecule has 0 aliphatic heterocycles. The van der Waals surface area contributed by atoms with Gasteiger partial charge in [-0.2, -0.15) is 0 Å². The highest BCUT2D eigenvalue weighted by atomic mass is 35.5. The molecular weight excluding hydrogens is 326 g/mol. The average molecular weight is 348 g/mol. The SMILES string of the molecule is CN(C)CCNC(=O)c1cc(NCCc2cccc(Cl)c2)ncn1. The van der Waals surface area contributed by atoms with Crippen molar-refractivity contribution in [2.75, 3.05) is 39.0 Å². The van der Waals surface area contributed by atoms with Crippen molar-refractivity contribution in [3.8, 4) is 0 Å². The number of aromatic nitrogens is 2. The Kier molecular flexibility index (Phi) is 6.96. The summed E-state index contributed by atoms with van der Waals surface area (Å²) in [5.41, 5.74) is 1.50. The van der Waals surface area contributed by atoms with Crippen LogP contribution in [0.4, 0.5) is 5.82 Å². The van der Waals surface area contributed by atoms with Crippen LogP contribution in [0.5, 0.6) is 0 Å². The Morgan fingerprint density at radius 3 is 2.79 bits per heavy atom. The lowest BCUT2D eigenvalue weighted by Crippen LogP contribution is -2.31. The minimum Gasteiger partial charge on any atom is -0.370 e. The summed E-state index contributed by atoms with van der Waals surface area (Å²) in [6, 6.07) is 9.40. The molecule has 1 amide bonds. The number of benzene rings is 1. The first-order chi connectivity index (χ1) is 11.5. The van der Waals surface area contributed by atoms with E-state index in [1.807, 2.05) is 43.3 Å². The van der Waals surface area contributed by atoms with Crippen molar-refractivity contribution in [1.29, 1.82) is 0 Å². The fourth-order valence-electron chi connectivity index (χ4n) is 2.09. The Balaban J connectivity index is 1.84. The smallest absolute Gasteiger partial charge is 0.270 e. The maximum Gasteiger partial charge on any atom is 0.270 e. The van der Waals surface area contributed by atoms with Crippen molar-refractivity contribution >= 4 is 23.3 Å². The van der Waals surface area contributed by atoms with Gasteiger partial charge in [-0.15, -0.1) is 0 Å². The van der Waals surface area contributed by atoms with E-state index in [9.17, 15) is 4.79 Å². The average Bonchev–Trinajstić information content (AvgIpc) is 2.55. The van der Waals surface area contributed by atoms with Gasteiger partial charge in [0.2, 0.25) is 0 Å². The van der Waals surface area contributed by atoms with E-state index in [2.05, 4.69) is 20.6 Å². The van der Waals surface area contributed by atoms with Crippen LogP contribution in [0.2, 0.25) is 5.02 Å². The first kappa shape index (κ1) is 18.2. The van der Waals surface area contributed by atoms with Crippen LogP contribution in [0, 0.1) is 0 Å². The summed E-state index contributed by atoms with van der Waals surface area (Å²) < 4.78 is 0. The maximum atomic E-state index is 12.0. The molecule has 0 atom stereocenters. The van der Waals surface area contributed by atoms with Crippen LogP contribution in [0.3, 0.4) is 0 Å². The minimum absolute atomic E-state index is 0.197. The highest BCUT2D eigenvalue weighted by molar-refractivity contribution is 6.30. The zero-order valence-electron chi connectivity index (χ0n) is 13.9. The quantitative estimate of drug-likeness (QED) is 0.765. The summed E-state index contributed by atoms with van der Waals surface area (Å²) in [6.07, 6.45) is 2.21. The third kappa shape index (κ3) is 6.14. The minimum atomic E-state index is -0.197. The third-order valence-corrected chi connectivity index (χ3v) is 3.59. The fourth-order valence-corrected chi connectivity index (χ4v) is 2.30. The van der Waals surface area contributed by atoms with Gasteiger partial charge in [-0.05, 0) is 38.2 Å². The van der Waals surface area contributed by atoms with Crippen LogP contribution in [0.1, 0.15) is 16.1 Å². The second-order valence-corrected chi connectivity index (χ2v) is 6.09. The second-order valence-electron chi connectivity index (χ2n) is 5.65. The second kappa shape index (κ2) is 9.20. The monoisotopic (exact) mass is 347 g/mol. The Bertz CT molecular complexity index is 678. The number of anilines is 1. The molecule has 2 N–H and O–H groups in total. The summed E-state index contributed by atoms with van der Waals surface area (Å²) in [6.45, 7) is 2.05.